The molecule has 0 aliphatic heterocycles. The van der Waals surface area contributed by atoms with Gasteiger partial charge >= 0.3 is 0 Å². The molecule has 0 N–H and O–H groups in total. The molecular weight excluding hydrogens is 166 g/mol. The van der Waals surface area contributed by atoms with Crippen molar-refractivity contribution in [3.05, 3.63) is 36.7 Å². The second-order valence-corrected chi connectivity index (χ2v) is 2.56. The number of nitrogens with zero attached hydrogens (tertiary/aromatic N) is 1. The van der Waals surface area contributed by atoms with E-state index in [-0.39, 0.29) is 0 Å². The van der Waals surface area contributed by atoms with Crippen molar-refractivity contribution >= 4 is 0 Å². The van der Waals surface area contributed by atoms with Gasteiger partial charge in [0.05, 0.1) is 13.4 Å². The highest BCUT2D eigenvalue weighted by Crippen LogP contribution is 2.21. The average Bonchev–Trinajstić information content (AvgIpc) is 2.71. The maximum atomic E-state index is 5.24. The first-order valence-electron chi connectivity index (χ1n) is 3.94. The highest BCUT2D eigenvalue weighted by molar-refractivity contribution is 5.57. The van der Waals surface area contributed by atoms with Crippen molar-refractivity contribution < 1.29 is 9.15 Å². The van der Waals surface area contributed by atoms with E-state index >= 15 is 0 Å². The zero-order valence-electron chi connectivity index (χ0n) is 7.23. The first-order chi connectivity index (χ1) is 6.40. The van der Waals surface area contributed by atoms with Gasteiger partial charge in [0, 0.05) is 17.8 Å². The predicted molar refractivity (Wildman–Crippen MR) is 48.5 cm³/mol. The van der Waals surface area contributed by atoms with Crippen molar-refractivity contribution in [2.24, 2.45) is 0 Å². The van der Waals surface area contributed by atoms with Gasteiger partial charge in [-0.3, -0.25) is 0 Å². The lowest BCUT2D eigenvalue weighted by molar-refractivity contribution is 0.398. The van der Waals surface area contributed by atoms with Gasteiger partial charge in [0.25, 0.3) is 0 Å². The van der Waals surface area contributed by atoms with E-state index in [9.17, 15) is 0 Å². The summed E-state index contributed by atoms with van der Waals surface area (Å²) in [5.41, 5.74) is 0.969. The Hall–Kier alpha value is -1.77. The quantitative estimate of drug-likeness (QED) is 0.702. The molecule has 3 nitrogen and oxygen atoms in total. The van der Waals surface area contributed by atoms with Crippen LogP contribution in [0.1, 0.15) is 0 Å². The summed E-state index contributed by atoms with van der Waals surface area (Å²) in [5.74, 6) is 1.41. The number of pyridine rings is 1. The van der Waals surface area contributed by atoms with Gasteiger partial charge in [0.2, 0.25) is 5.88 Å². The van der Waals surface area contributed by atoms with Crippen LogP contribution in [0.2, 0.25) is 0 Å². The summed E-state index contributed by atoms with van der Waals surface area (Å²) in [7, 11) is 1.59. The predicted octanol–water partition coefficient (Wildman–Crippen LogP) is 2.35. The fourth-order valence-electron chi connectivity index (χ4n) is 1.12. The van der Waals surface area contributed by atoms with E-state index in [4.69, 9.17) is 9.15 Å². The average molecular weight is 175 g/mol. The monoisotopic (exact) mass is 175 g/mol. The van der Waals surface area contributed by atoms with E-state index in [1.807, 2.05) is 24.3 Å². The van der Waals surface area contributed by atoms with Gasteiger partial charge in [0.15, 0.2) is 0 Å². The van der Waals surface area contributed by atoms with Gasteiger partial charge in [-0.2, -0.15) is 0 Å². The number of ether oxygens (including phenoxy) is 1. The lowest BCUT2D eigenvalue weighted by Gasteiger charge is -1.99. The summed E-state index contributed by atoms with van der Waals surface area (Å²) in [5, 5.41) is 0. The van der Waals surface area contributed by atoms with E-state index in [1.165, 1.54) is 0 Å². The van der Waals surface area contributed by atoms with Gasteiger partial charge in [0.1, 0.15) is 5.76 Å². The second kappa shape index (κ2) is 3.31. The Labute approximate surface area is 76.0 Å². The van der Waals surface area contributed by atoms with Crippen molar-refractivity contribution in [1.29, 1.82) is 0 Å². The van der Waals surface area contributed by atoms with Crippen molar-refractivity contribution in [2.75, 3.05) is 7.11 Å². The van der Waals surface area contributed by atoms with Crippen LogP contribution < -0.4 is 4.74 Å². The van der Waals surface area contributed by atoms with Crippen LogP contribution in [-0.4, -0.2) is 12.1 Å². The molecule has 66 valence electrons. The Morgan fingerprint density at radius 1 is 1.38 bits per heavy atom. The smallest absolute Gasteiger partial charge is 0.213 e. The van der Waals surface area contributed by atoms with Gasteiger partial charge in [-0.25, -0.2) is 4.98 Å². The SMILES string of the molecule is COc1cc(-c2ccco2)ccn1. The zero-order chi connectivity index (χ0) is 9.10. The Kier molecular flexibility index (Phi) is 2.00. The number of hydrogen-bond acceptors (Lipinski definition) is 3. The minimum Gasteiger partial charge on any atom is -0.481 e. The van der Waals surface area contributed by atoms with Crippen LogP contribution in [0.5, 0.6) is 5.88 Å². The molecule has 0 atom stereocenters. The Morgan fingerprint density at radius 2 is 2.31 bits per heavy atom. The lowest BCUT2D eigenvalue weighted by atomic mass is 10.2. The molecule has 0 radical (unpaired) electrons. The van der Waals surface area contributed by atoms with Gasteiger partial charge < -0.3 is 9.15 Å². The third kappa shape index (κ3) is 1.54. The Balaban J connectivity index is 2.41. The molecule has 2 heterocycles. The first-order valence-corrected chi connectivity index (χ1v) is 3.94. The van der Waals surface area contributed by atoms with Crippen LogP contribution in [0.3, 0.4) is 0 Å². The fourth-order valence-corrected chi connectivity index (χ4v) is 1.12. The molecular formula is C10H9NO2. The molecule has 0 saturated heterocycles. The number of methoxy groups -OCH3 is 1. The molecule has 0 amide bonds. The zero-order valence-corrected chi connectivity index (χ0v) is 7.23. The van der Waals surface area contributed by atoms with Crippen LogP contribution in [0.4, 0.5) is 0 Å². The first kappa shape index (κ1) is 7.86. The van der Waals surface area contributed by atoms with Crippen LogP contribution in [0, 0.1) is 0 Å². The summed E-state index contributed by atoms with van der Waals surface area (Å²) in [6, 6.07) is 7.46. The molecule has 0 aliphatic carbocycles. The number of hydrogen-bond donors (Lipinski definition) is 0. The molecule has 0 unspecified atom stereocenters. The maximum absolute atomic E-state index is 5.24. The summed E-state index contributed by atoms with van der Waals surface area (Å²) in [4.78, 5) is 4.00. The van der Waals surface area contributed by atoms with E-state index in [0.717, 1.165) is 11.3 Å². The van der Waals surface area contributed by atoms with Crippen LogP contribution >= 0.6 is 0 Å². The topological polar surface area (TPSA) is 35.3 Å². The van der Waals surface area contributed by atoms with Crippen LogP contribution in [-0.2, 0) is 0 Å². The van der Waals surface area contributed by atoms with Gasteiger partial charge in [-0.15, -0.1) is 0 Å². The van der Waals surface area contributed by atoms with E-state index < -0.39 is 0 Å². The minimum atomic E-state index is 0.592. The Bertz CT molecular complexity index is 382. The van der Waals surface area contributed by atoms with Crippen molar-refractivity contribution in [3.8, 4) is 17.2 Å². The number of furan rings is 1. The molecule has 2 aromatic heterocycles. The van der Waals surface area contributed by atoms with Gasteiger partial charge in [-0.05, 0) is 18.2 Å². The Morgan fingerprint density at radius 3 is 3.00 bits per heavy atom. The maximum Gasteiger partial charge on any atom is 0.213 e. The minimum absolute atomic E-state index is 0.592. The molecule has 0 bridgehead atoms. The van der Waals surface area contributed by atoms with E-state index in [0.29, 0.717) is 5.88 Å². The molecule has 2 rings (SSSR count). The van der Waals surface area contributed by atoms with Gasteiger partial charge in [-0.1, -0.05) is 0 Å². The molecule has 0 spiro atoms. The highest BCUT2D eigenvalue weighted by atomic mass is 16.5. The molecule has 0 aliphatic rings. The molecule has 3 heteroatoms. The third-order valence-corrected chi connectivity index (χ3v) is 1.75. The summed E-state index contributed by atoms with van der Waals surface area (Å²) in [6.45, 7) is 0. The highest BCUT2D eigenvalue weighted by Gasteiger charge is 2.01. The van der Waals surface area contributed by atoms with Crippen LogP contribution in [0.25, 0.3) is 11.3 Å². The summed E-state index contributed by atoms with van der Waals surface area (Å²) >= 11 is 0. The standard InChI is InChI=1S/C10H9NO2/c1-12-10-7-8(4-5-11-10)9-3-2-6-13-9/h2-7H,1H3. The molecule has 0 aromatic carbocycles. The molecule has 0 fully saturated rings. The lowest BCUT2D eigenvalue weighted by Crippen LogP contribution is -1.86. The molecule has 13 heavy (non-hydrogen) atoms. The fraction of sp³-hybridized carbons (Fsp3) is 0.100. The summed E-state index contributed by atoms with van der Waals surface area (Å²) in [6.07, 6.45) is 3.33. The summed E-state index contributed by atoms with van der Waals surface area (Å²) < 4.78 is 10.2. The van der Waals surface area contributed by atoms with E-state index in [2.05, 4.69) is 4.98 Å². The largest absolute Gasteiger partial charge is 0.481 e. The number of aromatic nitrogens is 1. The van der Waals surface area contributed by atoms with E-state index in [1.54, 1.807) is 19.6 Å². The molecule has 2 aromatic rings. The van der Waals surface area contributed by atoms with Crippen LogP contribution in [0.15, 0.2) is 41.1 Å². The van der Waals surface area contributed by atoms with Crippen molar-refractivity contribution in [2.45, 2.75) is 0 Å². The normalized spacial score (nSPS) is 9.92. The molecule has 0 saturated carbocycles. The van der Waals surface area contributed by atoms with Crippen molar-refractivity contribution in [1.82, 2.24) is 4.98 Å². The van der Waals surface area contributed by atoms with Crippen molar-refractivity contribution in [3.63, 3.8) is 0 Å². The third-order valence-electron chi connectivity index (χ3n) is 1.75. The number of rotatable bonds is 2. The second-order valence-electron chi connectivity index (χ2n) is 2.56.